The van der Waals surface area contributed by atoms with E-state index >= 15 is 0 Å². The summed E-state index contributed by atoms with van der Waals surface area (Å²) in [4.78, 5) is 4.04. The van der Waals surface area contributed by atoms with Gasteiger partial charge < -0.3 is 5.32 Å². The first-order chi connectivity index (χ1) is 14.8. The monoisotopic (exact) mass is 414 g/mol. The molecule has 0 bridgehead atoms. The van der Waals surface area contributed by atoms with Gasteiger partial charge in [-0.1, -0.05) is 72.8 Å². The van der Waals surface area contributed by atoms with Gasteiger partial charge in [0, 0.05) is 24.5 Å². The molecule has 2 N–H and O–H groups in total. The van der Waals surface area contributed by atoms with E-state index in [1.807, 2.05) is 12.1 Å². The van der Waals surface area contributed by atoms with Crippen LogP contribution in [-0.2, 0) is 0 Å². The number of aromatic nitrogens is 1. The predicted octanol–water partition coefficient (Wildman–Crippen LogP) is 5.18. The van der Waals surface area contributed by atoms with E-state index in [0.717, 1.165) is 31.4 Å². The SMILES string of the molecule is S=C(NCCCCC=C(c1ccccc1)c1ccccc1)N/N=C/c1cccnc1. The lowest BCUT2D eigenvalue weighted by atomic mass is 9.96. The average molecular weight is 415 g/mol. The Labute approximate surface area is 183 Å². The number of allylic oxidation sites excluding steroid dienone is 1. The Kier molecular flexibility index (Phi) is 8.77. The smallest absolute Gasteiger partial charge is 0.186 e. The fraction of sp³-hybridized carbons (Fsp3) is 0.160. The Morgan fingerprint density at radius 2 is 1.60 bits per heavy atom. The van der Waals surface area contributed by atoms with Crippen molar-refractivity contribution < 1.29 is 0 Å². The first-order valence-electron chi connectivity index (χ1n) is 10.1. The maximum Gasteiger partial charge on any atom is 0.186 e. The Hall–Kier alpha value is -3.31. The topological polar surface area (TPSA) is 49.3 Å². The van der Waals surface area contributed by atoms with E-state index < -0.39 is 0 Å². The van der Waals surface area contributed by atoms with Gasteiger partial charge in [0.1, 0.15) is 0 Å². The Balaban J connectivity index is 1.42. The Morgan fingerprint density at radius 3 is 2.23 bits per heavy atom. The minimum absolute atomic E-state index is 0.528. The number of hydrogen-bond acceptors (Lipinski definition) is 3. The highest BCUT2D eigenvalue weighted by Gasteiger charge is 2.03. The fourth-order valence-corrected chi connectivity index (χ4v) is 3.17. The lowest BCUT2D eigenvalue weighted by Crippen LogP contribution is -2.32. The van der Waals surface area contributed by atoms with Crippen LogP contribution in [0.15, 0.2) is 96.4 Å². The van der Waals surface area contributed by atoms with Gasteiger partial charge in [0.25, 0.3) is 0 Å². The zero-order chi connectivity index (χ0) is 20.9. The fourth-order valence-electron chi connectivity index (χ4n) is 3.01. The van der Waals surface area contributed by atoms with Crippen LogP contribution in [0.5, 0.6) is 0 Å². The molecule has 1 aromatic heterocycles. The molecule has 0 aliphatic heterocycles. The van der Waals surface area contributed by atoms with E-state index in [1.54, 1.807) is 18.6 Å². The van der Waals surface area contributed by atoms with Crippen LogP contribution in [0, 0.1) is 0 Å². The number of pyridine rings is 1. The van der Waals surface area contributed by atoms with E-state index in [0.29, 0.717) is 5.11 Å². The number of thiocarbonyl (C=S) groups is 1. The zero-order valence-corrected chi connectivity index (χ0v) is 17.7. The molecule has 0 saturated carbocycles. The molecule has 5 heteroatoms. The molecule has 30 heavy (non-hydrogen) atoms. The molecule has 0 radical (unpaired) electrons. The number of benzene rings is 2. The molecule has 3 aromatic rings. The summed E-state index contributed by atoms with van der Waals surface area (Å²) in [6, 6.07) is 24.9. The quantitative estimate of drug-likeness (QED) is 0.219. The first kappa shape index (κ1) is 21.4. The second-order valence-corrected chi connectivity index (χ2v) is 7.17. The van der Waals surface area contributed by atoms with Gasteiger partial charge in [0.15, 0.2) is 5.11 Å². The van der Waals surface area contributed by atoms with Gasteiger partial charge in [-0.2, -0.15) is 5.10 Å². The van der Waals surface area contributed by atoms with Crippen molar-refractivity contribution >= 4 is 29.1 Å². The summed E-state index contributed by atoms with van der Waals surface area (Å²) in [5.74, 6) is 0. The molecule has 2 aromatic carbocycles. The standard InChI is InChI=1S/C25H26N4S/c30-25(29-28-20-21-11-10-17-26-19-21)27-18-9-3-8-16-24(22-12-4-1-5-13-22)23-14-6-2-7-15-23/h1-2,4-7,10-17,19-20H,3,8-9,18H2,(H2,27,29,30)/b28-20+. The third-order valence-corrected chi connectivity index (χ3v) is 4.73. The summed E-state index contributed by atoms with van der Waals surface area (Å²) in [5, 5.41) is 7.84. The minimum Gasteiger partial charge on any atom is -0.361 e. The summed E-state index contributed by atoms with van der Waals surface area (Å²) in [6.45, 7) is 0.814. The van der Waals surface area contributed by atoms with Crippen LogP contribution in [0.1, 0.15) is 36.0 Å². The van der Waals surface area contributed by atoms with Crippen LogP contribution >= 0.6 is 12.2 Å². The summed E-state index contributed by atoms with van der Waals surface area (Å²) in [5.41, 5.74) is 7.54. The van der Waals surface area contributed by atoms with Crippen molar-refractivity contribution in [3.8, 4) is 0 Å². The Morgan fingerprint density at radius 1 is 0.900 bits per heavy atom. The predicted molar refractivity (Wildman–Crippen MR) is 129 cm³/mol. The molecule has 0 saturated heterocycles. The maximum atomic E-state index is 5.25. The van der Waals surface area contributed by atoms with Crippen LogP contribution < -0.4 is 10.7 Å². The molecule has 0 spiro atoms. The van der Waals surface area contributed by atoms with Crippen LogP contribution in [0.2, 0.25) is 0 Å². The van der Waals surface area contributed by atoms with Gasteiger partial charge in [-0.05, 0) is 54.2 Å². The van der Waals surface area contributed by atoms with Crippen molar-refractivity contribution in [2.75, 3.05) is 6.54 Å². The minimum atomic E-state index is 0.528. The lowest BCUT2D eigenvalue weighted by molar-refractivity contribution is 0.713. The van der Waals surface area contributed by atoms with E-state index in [2.05, 4.69) is 87.6 Å². The van der Waals surface area contributed by atoms with Crippen molar-refractivity contribution in [2.45, 2.75) is 19.3 Å². The highest BCUT2D eigenvalue weighted by molar-refractivity contribution is 7.80. The molecular weight excluding hydrogens is 388 g/mol. The average Bonchev–Trinajstić information content (AvgIpc) is 2.80. The second-order valence-electron chi connectivity index (χ2n) is 6.76. The molecule has 0 aliphatic rings. The van der Waals surface area contributed by atoms with Crippen LogP contribution in [0.4, 0.5) is 0 Å². The first-order valence-corrected chi connectivity index (χ1v) is 10.5. The van der Waals surface area contributed by atoms with Crippen molar-refractivity contribution in [1.29, 1.82) is 0 Å². The van der Waals surface area contributed by atoms with Gasteiger partial charge in [0.2, 0.25) is 0 Å². The Bertz CT molecular complexity index is 913. The molecular formula is C25H26N4S. The molecule has 0 unspecified atom stereocenters. The third-order valence-electron chi connectivity index (χ3n) is 4.50. The van der Waals surface area contributed by atoms with Gasteiger partial charge in [-0.15, -0.1) is 0 Å². The summed E-state index contributed by atoms with van der Waals surface area (Å²) in [6.07, 6.45) is 10.6. The molecule has 0 amide bonds. The van der Waals surface area contributed by atoms with E-state index in [4.69, 9.17) is 12.2 Å². The van der Waals surface area contributed by atoms with Crippen molar-refractivity contribution in [3.63, 3.8) is 0 Å². The summed E-state index contributed by atoms with van der Waals surface area (Å²) in [7, 11) is 0. The molecule has 4 nitrogen and oxygen atoms in total. The van der Waals surface area contributed by atoms with Crippen LogP contribution in [0.3, 0.4) is 0 Å². The summed E-state index contributed by atoms with van der Waals surface area (Å²) < 4.78 is 0. The zero-order valence-electron chi connectivity index (χ0n) is 16.9. The van der Waals surface area contributed by atoms with Crippen LogP contribution in [0.25, 0.3) is 5.57 Å². The summed E-state index contributed by atoms with van der Waals surface area (Å²) >= 11 is 5.25. The number of hydrogen-bond donors (Lipinski definition) is 2. The van der Waals surface area contributed by atoms with E-state index in [1.165, 1.54) is 16.7 Å². The van der Waals surface area contributed by atoms with Gasteiger partial charge >= 0.3 is 0 Å². The molecule has 152 valence electrons. The number of rotatable bonds is 9. The van der Waals surface area contributed by atoms with Gasteiger partial charge in [0.05, 0.1) is 6.21 Å². The van der Waals surface area contributed by atoms with Gasteiger partial charge in [-0.3, -0.25) is 10.4 Å². The largest absolute Gasteiger partial charge is 0.361 e. The van der Waals surface area contributed by atoms with Gasteiger partial charge in [-0.25, -0.2) is 0 Å². The van der Waals surface area contributed by atoms with E-state index in [-0.39, 0.29) is 0 Å². The molecule has 3 rings (SSSR count). The number of nitrogens with one attached hydrogen (secondary N) is 2. The molecule has 0 fully saturated rings. The van der Waals surface area contributed by atoms with Crippen molar-refractivity contribution in [3.05, 3.63) is 108 Å². The molecule has 1 heterocycles. The highest BCUT2D eigenvalue weighted by Crippen LogP contribution is 2.24. The normalized spacial score (nSPS) is 10.5. The lowest BCUT2D eigenvalue weighted by Gasteiger charge is -2.09. The van der Waals surface area contributed by atoms with Crippen molar-refractivity contribution in [2.24, 2.45) is 5.10 Å². The number of nitrogens with zero attached hydrogens (tertiary/aromatic N) is 2. The third kappa shape index (κ3) is 7.26. The molecule has 0 atom stereocenters. The second kappa shape index (κ2) is 12.3. The number of unbranched alkanes of at least 4 members (excludes halogenated alkanes) is 2. The maximum absolute atomic E-state index is 5.25. The number of hydrazone groups is 1. The van der Waals surface area contributed by atoms with E-state index in [9.17, 15) is 0 Å². The molecule has 0 aliphatic carbocycles. The van der Waals surface area contributed by atoms with Crippen molar-refractivity contribution in [1.82, 2.24) is 15.7 Å². The van der Waals surface area contributed by atoms with Crippen LogP contribution in [-0.4, -0.2) is 22.9 Å². The highest BCUT2D eigenvalue weighted by atomic mass is 32.1.